The average Bonchev–Trinajstić information content (AvgIpc) is 3.16. The first-order chi connectivity index (χ1) is 18.1. The van der Waals surface area contributed by atoms with Gasteiger partial charge in [-0.2, -0.15) is 0 Å². The van der Waals surface area contributed by atoms with Crippen LogP contribution in [0, 0.1) is 5.92 Å². The molecule has 1 aromatic heterocycles. The van der Waals surface area contributed by atoms with E-state index in [1.807, 2.05) is 30.3 Å². The highest BCUT2D eigenvalue weighted by molar-refractivity contribution is 7.07. The normalized spacial score (nSPS) is 15.5. The molecule has 0 radical (unpaired) electrons. The van der Waals surface area contributed by atoms with Crippen molar-refractivity contribution in [2.45, 2.75) is 46.8 Å². The molecule has 0 bridgehead atoms. The van der Waals surface area contributed by atoms with E-state index in [9.17, 15) is 9.59 Å². The van der Waals surface area contributed by atoms with Gasteiger partial charge >= 0.3 is 5.97 Å². The molecule has 0 spiro atoms. The van der Waals surface area contributed by atoms with Gasteiger partial charge in [0.1, 0.15) is 17.5 Å². The second-order valence-corrected chi connectivity index (χ2v) is 11.1. The lowest BCUT2D eigenvalue weighted by Gasteiger charge is -2.26. The number of rotatable bonds is 8. The summed E-state index contributed by atoms with van der Waals surface area (Å²) in [5.74, 6) is 1.15. The van der Waals surface area contributed by atoms with Crippen molar-refractivity contribution in [2.24, 2.45) is 10.9 Å². The third-order valence-corrected chi connectivity index (χ3v) is 7.05. The van der Waals surface area contributed by atoms with Crippen LogP contribution in [0.25, 0.3) is 6.08 Å². The van der Waals surface area contributed by atoms with E-state index in [1.54, 1.807) is 39.0 Å². The van der Waals surface area contributed by atoms with Gasteiger partial charge < -0.3 is 14.2 Å². The van der Waals surface area contributed by atoms with Crippen molar-refractivity contribution in [1.82, 2.24) is 4.57 Å². The SMILES string of the molecule is COc1ccc(Cl)cc1[C@@H]1C(C(=O)OC(C)C)=C(C)N=c2s/c(=C\c3ccc(OCC(C)C)cc3)c(=O)n21. The monoisotopic (exact) mass is 554 g/mol. The van der Waals surface area contributed by atoms with Gasteiger partial charge in [-0.25, -0.2) is 9.79 Å². The molecule has 0 aliphatic carbocycles. The number of nitrogens with zero attached hydrogens (tertiary/aromatic N) is 2. The number of carbonyl (C=O) groups is 1. The molecule has 3 aromatic rings. The van der Waals surface area contributed by atoms with Crippen LogP contribution in [0.15, 0.2) is 63.5 Å². The number of hydrogen-bond acceptors (Lipinski definition) is 7. The van der Waals surface area contributed by atoms with E-state index in [2.05, 4.69) is 18.8 Å². The number of aromatic nitrogens is 1. The molecule has 38 heavy (non-hydrogen) atoms. The van der Waals surface area contributed by atoms with Crippen molar-refractivity contribution in [3.63, 3.8) is 0 Å². The topological polar surface area (TPSA) is 79.1 Å². The third-order valence-electron chi connectivity index (χ3n) is 5.83. The van der Waals surface area contributed by atoms with E-state index in [0.29, 0.717) is 43.9 Å². The first-order valence-electron chi connectivity index (χ1n) is 12.4. The van der Waals surface area contributed by atoms with E-state index < -0.39 is 12.0 Å². The number of benzene rings is 2. The van der Waals surface area contributed by atoms with Crippen LogP contribution in [-0.4, -0.2) is 30.4 Å². The van der Waals surface area contributed by atoms with Crippen LogP contribution in [0.4, 0.5) is 0 Å². The van der Waals surface area contributed by atoms with Gasteiger partial charge in [-0.05, 0) is 68.7 Å². The third kappa shape index (κ3) is 5.87. The molecule has 0 unspecified atom stereocenters. The largest absolute Gasteiger partial charge is 0.496 e. The van der Waals surface area contributed by atoms with E-state index >= 15 is 0 Å². The van der Waals surface area contributed by atoms with Crippen LogP contribution >= 0.6 is 22.9 Å². The van der Waals surface area contributed by atoms with E-state index in [0.717, 1.165) is 11.3 Å². The predicted molar refractivity (Wildman–Crippen MR) is 150 cm³/mol. The Bertz CT molecular complexity index is 1550. The Hall–Kier alpha value is -3.36. The van der Waals surface area contributed by atoms with Gasteiger partial charge in [-0.1, -0.05) is 48.9 Å². The Morgan fingerprint density at radius 1 is 1.16 bits per heavy atom. The van der Waals surface area contributed by atoms with E-state index in [4.69, 9.17) is 25.8 Å². The van der Waals surface area contributed by atoms with Crippen LogP contribution in [0.5, 0.6) is 11.5 Å². The minimum atomic E-state index is -0.819. The quantitative estimate of drug-likeness (QED) is 0.371. The average molecular weight is 555 g/mol. The lowest BCUT2D eigenvalue weighted by atomic mass is 9.95. The molecule has 0 amide bonds. The summed E-state index contributed by atoms with van der Waals surface area (Å²) in [4.78, 5) is 32.2. The van der Waals surface area contributed by atoms with Crippen molar-refractivity contribution in [3.8, 4) is 11.5 Å². The number of thiazole rings is 1. The second-order valence-electron chi connectivity index (χ2n) is 9.70. The van der Waals surface area contributed by atoms with E-state index in [1.165, 1.54) is 23.0 Å². The molecule has 0 saturated carbocycles. The van der Waals surface area contributed by atoms with Gasteiger partial charge in [0, 0.05) is 10.6 Å². The molecule has 4 rings (SSSR count). The lowest BCUT2D eigenvalue weighted by molar-refractivity contribution is -0.143. The summed E-state index contributed by atoms with van der Waals surface area (Å²) in [5.41, 5.74) is 1.89. The second kappa shape index (κ2) is 11.6. The molecular formula is C29H31ClN2O5S. The van der Waals surface area contributed by atoms with Gasteiger partial charge in [-0.15, -0.1) is 0 Å². The molecule has 7 nitrogen and oxygen atoms in total. The summed E-state index contributed by atoms with van der Waals surface area (Å²) in [6.45, 7) is 10.1. The molecule has 2 heterocycles. The van der Waals surface area contributed by atoms with Crippen LogP contribution in [0.3, 0.4) is 0 Å². The molecule has 1 atom stereocenters. The fourth-order valence-electron chi connectivity index (χ4n) is 4.15. The fourth-order valence-corrected chi connectivity index (χ4v) is 5.38. The molecule has 1 aliphatic rings. The number of fused-ring (bicyclic) bond motifs is 1. The number of esters is 1. The van der Waals surface area contributed by atoms with Crippen LogP contribution < -0.4 is 24.4 Å². The first kappa shape index (κ1) is 27.7. The molecule has 0 N–H and O–H groups in total. The van der Waals surface area contributed by atoms with Crippen molar-refractivity contribution < 1.29 is 19.0 Å². The smallest absolute Gasteiger partial charge is 0.338 e. The van der Waals surface area contributed by atoms with Gasteiger partial charge in [-0.3, -0.25) is 9.36 Å². The Morgan fingerprint density at radius 3 is 2.50 bits per heavy atom. The molecule has 9 heteroatoms. The molecule has 0 fully saturated rings. The summed E-state index contributed by atoms with van der Waals surface area (Å²) in [6, 6.07) is 11.9. The Balaban J connectivity index is 1.87. The Morgan fingerprint density at radius 2 is 1.87 bits per heavy atom. The highest BCUT2D eigenvalue weighted by Crippen LogP contribution is 2.37. The molecule has 1 aliphatic heterocycles. The Labute approximate surface area is 230 Å². The van der Waals surface area contributed by atoms with Crippen molar-refractivity contribution >= 4 is 35.0 Å². The number of halogens is 1. The zero-order valence-electron chi connectivity index (χ0n) is 22.3. The van der Waals surface area contributed by atoms with Crippen LogP contribution in [-0.2, 0) is 9.53 Å². The van der Waals surface area contributed by atoms with Gasteiger partial charge in [0.15, 0.2) is 4.80 Å². The first-order valence-corrected chi connectivity index (χ1v) is 13.6. The van der Waals surface area contributed by atoms with Gasteiger partial charge in [0.25, 0.3) is 5.56 Å². The summed E-state index contributed by atoms with van der Waals surface area (Å²) < 4.78 is 18.9. The molecule has 0 saturated heterocycles. The summed E-state index contributed by atoms with van der Waals surface area (Å²) in [6.07, 6.45) is 1.47. The number of carbonyl (C=O) groups excluding carboxylic acids is 1. The summed E-state index contributed by atoms with van der Waals surface area (Å²) in [7, 11) is 1.54. The highest BCUT2D eigenvalue weighted by Gasteiger charge is 2.35. The standard InChI is InChI=1S/C29H31ClN2O5S/c1-16(2)15-36-21-10-7-19(8-11-21)13-24-27(33)32-26(22-14-20(30)9-12-23(22)35-6)25(28(34)37-17(3)4)18(5)31-29(32)38-24/h7-14,16-17,26H,15H2,1-6H3/b24-13-/t26-/m1/s1. The van der Waals surface area contributed by atoms with Gasteiger partial charge in [0.05, 0.1) is 35.6 Å². The molecule has 2 aromatic carbocycles. The zero-order chi connectivity index (χ0) is 27.6. The van der Waals surface area contributed by atoms with Crippen molar-refractivity contribution in [1.29, 1.82) is 0 Å². The maximum Gasteiger partial charge on any atom is 0.338 e. The summed E-state index contributed by atoms with van der Waals surface area (Å²) in [5, 5.41) is 0.453. The van der Waals surface area contributed by atoms with Crippen LogP contribution in [0.1, 0.15) is 51.8 Å². The maximum absolute atomic E-state index is 13.8. The van der Waals surface area contributed by atoms with E-state index in [-0.39, 0.29) is 17.2 Å². The maximum atomic E-state index is 13.8. The van der Waals surface area contributed by atoms with Crippen molar-refractivity contribution in [2.75, 3.05) is 13.7 Å². The fraction of sp³-hybridized carbons (Fsp3) is 0.345. The number of ether oxygens (including phenoxy) is 3. The lowest BCUT2D eigenvalue weighted by Crippen LogP contribution is -2.40. The Kier molecular flexibility index (Phi) is 8.43. The summed E-state index contributed by atoms with van der Waals surface area (Å²) >= 11 is 7.62. The zero-order valence-corrected chi connectivity index (χ0v) is 23.9. The number of hydrogen-bond donors (Lipinski definition) is 0. The predicted octanol–water partition coefficient (Wildman–Crippen LogP) is 4.88. The highest BCUT2D eigenvalue weighted by atomic mass is 35.5. The molecular weight excluding hydrogens is 524 g/mol. The minimum absolute atomic E-state index is 0.268. The molecule has 200 valence electrons. The minimum Gasteiger partial charge on any atom is -0.496 e. The number of allylic oxidation sites excluding steroid dienone is 1. The number of methoxy groups -OCH3 is 1. The van der Waals surface area contributed by atoms with Gasteiger partial charge in [0.2, 0.25) is 0 Å². The van der Waals surface area contributed by atoms with Crippen LogP contribution in [0.2, 0.25) is 5.02 Å². The van der Waals surface area contributed by atoms with Crippen molar-refractivity contribution in [3.05, 3.63) is 89.6 Å².